The third-order valence-corrected chi connectivity index (χ3v) is 2.93. The predicted molar refractivity (Wildman–Crippen MR) is 57.3 cm³/mol. The first-order chi connectivity index (χ1) is 7.31. The molecule has 5 nitrogen and oxygen atoms in total. The number of nitrogens with two attached hydrogens (primary N) is 1. The molecule has 0 radical (unpaired) electrons. The third kappa shape index (κ3) is 2.05. The number of hydrogen-bond donors (Lipinski definition) is 2. The second-order valence-electron chi connectivity index (χ2n) is 2.95. The first kappa shape index (κ1) is 9.88. The summed E-state index contributed by atoms with van der Waals surface area (Å²) >= 11 is 1.37. The van der Waals surface area contributed by atoms with Crippen LogP contribution in [0.4, 0.5) is 0 Å². The molecule has 2 aromatic rings. The largest absolute Gasteiger partial charge is 0.289 e. The highest BCUT2D eigenvalue weighted by atomic mass is 32.1. The van der Waals surface area contributed by atoms with Crippen molar-refractivity contribution < 1.29 is 4.79 Å². The molecule has 2 aromatic heterocycles. The van der Waals surface area contributed by atoms with E-state index < -0.39 is 0 Å². The van der Waals surface area contributed by atoms with Crippen molar-refractivity contribution in [2.24, 2.45) is 5.84 Å². The maximum absolute atomic E-state index is 11.4. The number of aromatic nitrogens is 2. The molecule has 0 spiro atoms. The summed E-state index contributed by atoms with van der Waals surface area (Å²) in [5, 5.41) is 5.94. The quantitative estimate of drug-likeness (QED) is 0.453. The lowest BCUT2D eigenvalue weighted by atomic mass is 10.2. The Morgan fingerprint density at radius 1 is 1.67 bits per heavy atom. The molecular formula is C9H10N4OS. The van der Waals surface area contributed by atoms with Crippen LogP contribution in [0.25, 0.3) is 0 Å². The van der Waals surface area contributed by atoms with Crippen LogP contribution in [0.3, 0.4) is 0 Å². The van der Waals surface area contributed by atoms with Crippen molar-refractivity contribution in [2.75, 3.05) is 0 Å². The van der Waals surface area contributed by atoms with Crippen molar-refractivity contribution in [1.82, 2.24) is 15.2 Å². The monoisotopic (exact) mass is 222 g/mol. The molecule has 3 N–H and O–H groups in total. The predicted octanol–water partition coefficient (Wildman–Crippen LogP) is 0.596. The Bertz CT molecular complexity index is 448. The molecule has 1 amide bonds. The second kappa shape index (κ2) is 4.24. The topological polar surface area (TPSA) is 72.9 Å². The normalized spacial score (nSPS) is 10.2. The average Bonchev–Trinajstić information content (AvgIpc) is 2.88. The Kier molecular flexibility index (Phi) is 2.79. The van der Waals surface area contributed by atoms with Gasteiger partial charge in [0.1, 0.15) is 0 Å². The SMILES string of the molecule is NNC(=O)c1sccc1Cn1cccn1. The number of carbonyl (C=O) groups excluding carboxylic acids is 1. The van der Waals surface area contributed by atoms with Crippen LogP contribution in [0.15, 0.2) is 29.9 Å². The van der Waals surface area contributed by atoms with Crippen LogP contribution in [-0.4, -0.2) is 15.7 Å². The van der Waals surface area contributed by atoms with Gasteiger partial charge in [-0.3, -0.25) is 14.9 Å². The number of rotatable bonds is 3. The highest BCUT2D eigenvalue weighted by molar-refractivity contribution is 7.12. The summed E-state index contributed by atoms with van der Waals surface area (Å²) in [6, 6.07) is 3.74. The molecule has 0 bridgehead atoms. The highest BCUT2D eigenvalue weighted by Crippen LogP contribution is 2.17. The number of nitrogens with zero attached hydrogens (tertiary/aromatic N) is 2. The fourth-order valence-electron chi connectivity index (χ4n) is 1.29. The molecule has 78 valence electrons. The minimum absolute atomic E-state index is 0.257. The number of hydrogen-bond acceptors (Lipinski definition) is 4. The number of amides is 1. The van der Waals surface area contributed by atoms with Crippen LogP contribution in [0.2, 0.25) is 0 Å². The van der Waals surface area contributed by atoms with E-state index in [4.69, 9.17) is 5.84 Å². The fourth-order valence-corrected chi connectivity index (χ4v) is 2.11. The van der Waals surface area contributed by atoms with E-state index >= 15 is 0 Å². The molecule has 0 aliphatic rings. The Labute approximate surface area is 90.5 Å². The van der Waals surface area contributed by atoms with Crippen LogP contribution in [0.1, 0.15) is 15.2 Å². The first-order valence-corrected chi connectivity index (χ1v) is 5.24. The van der Waals surface area contributed by atoms with Crippen molar-refractivity contribution >= 4 is 17.2 Å². The zero-order valence-corrected chi connectivity index (χ0v) is 8.70. The van der Waals surface area contributed by atoms with Gasteiger partial charge in [-0.2, -0.15) is 5.10 Å². The van der Waals surface area contributed by atoms with E-state index in [9.17, 15) is 4.79 Å². The van der Waals surface area contributed by atoms with Gasteiger partial charge < -0.3 is 0 Å². The zero-order valence-electron chi connectivity index (χ0n) is 7.88. The maximum atomic E-state index is 11.4. The lowest BCUT2D eigenvalue weighted by Gasteiger charge is -2.02. The van der Waals surface area contributed by atoms with Crippen LogP contribution < -0.4 is 11.3 Å². The van der Waals surface area contributed by atoms with Crippen molar-refractivity contribution in [3.8, 4) is 0 Å². The van der Waals surface area contributed by atoms with Gasteiger partial charge >= 0.3 is 0 Å². The third-order valence-electron chi connectivity index (χ3n) is 1.98. The lowest BCUT2D eigenvalue weighted by Crippen LogP contribution is -2.30. The van der Waals surface area contributed by atoms with Gasteiger partial charge in [-0.05, 0) is 23.1 Å². The molecule has 0 aromatic carbocycles. The van der Waals surface area contributed by atoms with Crippen LogP contribution >= 0.6 is 11.3 Å². The summed E-state index contributed by atoms with van der Waals surface area (Å²) in [5.74, 6) is 4.83. The number of carbonyl (C=O) groups is 1. The van der Waals surface area contributed by atoms with E-state index in [-0.39, 0.29) is 5.91 Å². The van der Waals surface area contributed by atoms with Crippen molar-refractivity contribution in [1.29, 1.82) is 0 Å². The number of nitrogens with one attached hydrogen (secondary N) is 1. The molecule has 0 aliphatic heterocycles. The summed E-state index contributed by atoms with van der Waals surface area (Å²) in [5.41, 5.74) is 3.05. The number of nitrogen functional groups attached to an aromatic ring is 1. The molecular weight excluding hydrogens is 212 g/mol. The van der Waals surface area contributed by atoms with E-state index in [1.54, 1.807) is 10.9 Å². The van der Waals surface area contributed by atoms with E-state index in [0.29, 0.717) is 11.4 Å². The van der Waals surface area contributed by atoms with Crippen LogP contribution in [0.5, 0.6) is 0 Å². The van der Waals surface area contributed by atoms with E-state index in [1.165, 1.54) is 11.3 Å². The average molecular weight is 222 g/mol. The molecule has 15 heavy (non-hydrogen) atoms. The van der Waals surface area contributed by atoms with Crippen LogP contribution in [0, 0.1) is 0 Å². The fraction of sp³-hybridized carbons (Fsp3) is 0.111. The molecule has 6 heteroatoms. The molecule has 0 aliphatic carbocycles. The van der Waals surface area contributed by atoms with Gasteiger partial charge in [-0.15, -0.1) is 11.3 Å². The van der Waals surface area contributed by atoms with Gasteiger partial charge in [0.15, 0.2) is 0 Å². The second-order valence-corrected chi connectivity index (χ2v) is 3.87. The molecule has 2 heterocycles. The smallest absolute Gasteiger partial charge is 0.275 e. The summed E-state index contributed by atoms with van der Waals surface area (Å²) < 4.78 is 1.76. The molecule has 2 rings (SSSR count). The Balaban J connectivity index is 2.22. The molecule has 0 saturated heterocycles. The van der Waals surface area contributed by atoms with E-state index in [1.807, 2.05) is 23.7 Å². The zero-order chi connectivity index (χ0) is 10.7. The van der Waals surface area contributed by atoms with Crippen molar-refractivity contribution in [2.45, 2.75) is 6.54 Å². The van der Waals surface area contributed by atoms with Crippen molar-refractivity contribution in [3.63, 3.8) is 0 Å². The minimum atomic E-state index is -0.257. The minimum Gasteiger partial charge on any atom is -0.289 e. The Morgan fingerprint density at radius 2 is 2.53 bits per heavy atom. The van der Waals surface area contributed by atoms with Crippen molar-refractivity contribution in [3.05, 3.63) is 40.3 Å². The molecule has 0 saturated carbocycles. The maximum Gasteiger partial charge on any atom is 0.275 e. The van der Waals surface area contributed by atoms with Gasteiger partial charge in [0.2, 0.25) is 0 Å². The summed E-state index contributed by atoms with van der Waals surface area (Å²) in [6.45, 7) is 0.583. The molecule has 0 atom stereocenters. The molecule has 0 fully saturated rings. The summed E-state index contributed by atoms with van der Waals surface area (Å²) in [4.78, 5) is 12.0. The highest BCUT2D eigenvalue weighted by Gasteiger charge is 2.11. The van der Waals surface area contributed by atoms with Gasteiger partial charge in [-0.25, -0.2) is 5.84 Å². The standard InChI is InChI=1S/C9H10N4OS/c10-12-9(14)8-7(2-5-15-8)6-13-4-1-3-11-13/h1-5H,6,10H2,(H,12,14). The van der Waals surface area contributed by atoms with E-state index in [0.717, 1.165) is 5.56 Å². The first-order valence-electron chi connectivity index (χ1n) is 4.36. The molecule has 0 unspecified atom stereocenters. The lowest BCUT2D eigenvalue weighted by molar-refractivity contribution is 0.0956. The number of hydrazine groups is 1. The van der Waals surface area contributed by atoms with Crippen LogP contribution in [-0.2, 0) is 6.54 Å². The Hall–Kier alpha value is -1.66. The van der Waals surface area contributed by atoms with E-state index in [2.05, 4.69) is 10.5 Å². The number of thiophene rings is 1. The summed E-state index contributed by atoms with van der Waals surface area (Å²) in [6.07, 6.45) is 3.55. The van der Waals surface area contributed by atoms with Gasteiger partial charge in [0, 0.05) is 12.4 Å². The Morgan fingerprint density at radius 3 is 3.20 bits per heavy atom. The van der Waals surface area contributed by atoms with Gasteiger partial charge in [0.05, 0.1) is 11.4 Å². The van der Waals surface area contributed by atoms with Gasteiger partial charge in [0.25, 0.3) is 5.91 Å². The summed E-state index contributed by atoms with van der Waals surface area (Å²) in [7, 11) is 0. The van der Waals surface area contributed by atoms with Gasteiger partial charge in [-0.1, -0.05) is 0 Å².